The Labute approximate surface area is 176 Å². The normalized spacial score (nSPS) is 24.5. The minimum Gasteiger partial charge on any atom is -0.454 e. The molecule has 1 saturated carbocycles. The molecule has 30 heavy (non-hydrogen) atoms. The Balaban J connectivity index is 1.53. The van der Waals surface area contributed by atoms with Crippen molar-refractivity contribution in [3.05, 3.63) is 35.9 Å². The van der Waals surface area contributed by atoms with Gasteiger partial charge in [0.2, 0.25) is 0 Å². The summed E-state index contributed by atoms with van der Waals surface area (Å²) >= 11 is 0. The standard InChI is InChI=1S/C22H29N3O5/c1-15-9-7-8-12-22(15)20(28)25(21(29)23-22)13-19(27)30-14-18(26)24(3)16(2)17-10-5-4-6-11-17/h4-6,10-11,15-16H,7-9,12-14H2,1-3H3,(H,23,29). The molecule has 4 amide bonds. The fraction of sp³-hybridized carbons (Fsp3) is 0.545. The summed E-state index contributed by atoms with van der Waals surface area (Å²) in [6.45, 7) is 2.89. The summed E-state index contributed by atoms with van der Waals surface area (Å²) in [7, 11) is 1.64. The predicted molar refractivity (Wildman–Crippen MR) is 109 cm³/mol. The van der Waals surface area contributed by atoms with Gasteiger partial charge in [0.05, 0.1) is 6.04 Å². The molecule has 2 aliphatic rings. The first-order valence-corrected chi connectivity index (χ1v) is 10.4. The lowest BCUT2D eigenvalue weighted by molar-refractivity contribution is -0.154. The zero-order chi connectivity index (χ0) is 21.9. The monoisotopic (exact) mass is 415 g/mol. The molecular formula is C22H29N3O5. The lowest BCUT2D eigenvalue weighted by Crippen LogP contribution is -2.54. The van der Waals surface area contributed by atoms with Crippen LogP contribution < -0.4 is 5.32 Å². The van der Waals surface area contributed by atoms with Crippen LogP contribution in [0.5, 0.6) is 0 Å². The van der Waals surface area contributed by atoms with E-state index in [2.05, 4.69) is 5.32 Å². The molecule has 0 radical (unpaired) electrons. The highest BCUT2D eigenvalue weighted by Gasteiger charge is 2.55. The van der Waals surface area contributed by atoms with Crippen LogP contribution in [-0.4, -0.2) is 59.4 Å². The van der Waals surface area contributed by atoms with Crippen LogP contribution in [0, 0.1) is 5.92 Å². The van der Waals surface area contributed by atoms with Crippen LogP contribution in [0.2, 0.25) is 0 Å². The van der Waals surface area contributed by atoms with Crippen LogP contribution >= 0.6 is 0 Å². The number of esters is 1. The van der Waals surface area contributed by atoms with Crippen LogP contribution in [0.1, 0.15) is 51.1 Å². The molecule has 162 valence electrons. The predicted octanol–water partition coefficient (Wildman–Crippen LogP) is 2.25. The highest BCUT2D eigenvalue weighted by Crippen LogP contribution is 2.38. The van der Waals surface area contributed by atoms with E-state index in [1.54, 1.807) is 7.05 Å². The van der Waals surface area contributed by atoms with Crippen LogP contribution in [0.25, 0.3) is 0 Å². The largest absolute Gasteiger partial charge is 0.454 e. The van der Waals surface area contributed by atoms with Gasteiger partial charge in [-0.05, 0) is 31.2 Å². The molecule has 0 bridgehead atoms. The number of nitrogens with one attached hydrogen (secondary N) is 1. The maximum atomic E-state index is 12.9. The molecule has 8 nitrogen and oxygen atoms in total. The zero-order valence-electron chi connectivity index (χ0n) is 17.7. The van der Waals surface area contributed by atoms with Crippen molar-refractivity contribution in [2.75, 3.05) is 20.2 Å². The second-order valence-corrected chi connectivity index (χ2v) is 8.19. The molecule has 1 aromatic rings. The van der Waals surface area contributed by atoms with Crippen molar-refractivity contribution in [3.8, 4) is 0 Å². The van der Waals surface area contributed by atoms with E-state index in [0.29, 0.717) is 6.42 Å². The number of urea groups is 1. The van der Waals surface area contributed by atoms with Gasteiger partial charge in [0.15, 0.2) is 6.61 Å². The number of hydrogen-bond donors (Lipinski definition) is 1. The number of benzene rings is 1. The smallest absolute Gasteiger partial charge is 0.326 e. The summed E-state index contributed by atoms with van der Waals surface area (Å²) in [5, 5.41) is 2.79. The number of nitrogens with zero attached hydrogens (tertiary/aromatic N) is 2. The lowest BCUT2D eigenvalue weighted by atomic mass is 9.73. The van der Waals surface area contributed by atoms with E-state index in [4.69, 9.17) is 4.74 Å². The van der Waals surface area contributed by atoms with E-state index in [1.807, 2.05) is 44.2 Å². The van der Waals surface area contributed by atoms with Crippen molar-refractivity contribution < 1.29 is 23.9 Å². The maximum absolute atomic E-state index is 12.9. The summed E-state index contributed by atoms with van der Waals surface area (Å²) in [5.41, 5.74) is 0.0439. The Hall–Kier alpha value is -2.90. The third-order valence-corrected chi connectivity index (χ3v) is 6.40. The van der Waals surface area contributed by atoms with Crippen molar-refractivity contribution in [1.29, 1.82) is 0 Å². The van der Waals surface area contributed by atoms with Gasteiger partial charge in [0.1, 0.15) is 12.1 Å². The number of ether oxygens (including phenoxy) is 1. The van der Waals surface area contributed by atoms with Crippen LogP contribution in [0.3, 0.4) is 0 Å². The van der Waals surface area contributed by atoms with Gasteiger partial charge in [-0.3, -0.25) is 19.3 Å². The quantitative estimate of drug-likeness (QED) is 0.568. The van der Waals surface area contributed by atoms with Gasteiger partial charge < -0.3 is 15.0 Å². The molecule has 3 atom stereocenters. The molecule has 1 saturated heterocycles. The van der Waals surface area contributed by atoms with Crippen molar-refractivity contribution in [2.45, 2.75) is 51.1 Å². The summed E-state index contributed by atoms with van der Waals surface area (Å²) in [4.78, 5) is 52.3. The van der Waals surface area contributed by atoms with Gasteiger partial charge in [-0.25, -0.2) is 4.79 Å². The Morgan fingerprint density at radius 1 is 1.27 bits per heavy atom. The van der Waals surface area contributed by atoms with Gasteiger partial charge in [0, 0.05) is 7.05 Å². The molecule has 1 aliphatic carbocycles. The average molecular weight is 415 g/mol. The van der Waals surface area contributed by atoms with Crippen molar-refractivity contribution in [2.24, 2.45) is 5.92 Å². The molecule has 2 fully saturated rings. The molecule has 1 aromatic carbocycles. The Bertz CT molecular complexity index is 827. The molecule has 8 heteroatoms. The molecule has 3 rings (SSSR count). The summed E-state index contributed by atoms with van der Waals surface area (Å²) in [5.74, 6) is -1.52. The SMILES string of the molecule is CC(c1ccccc1)N(C)C(=O)COC(=O)CN1C(=O)NC2(CCCCC2C)C1=O. The number of carbonyl (C=O) groups excluding carboxylic acids is 4. The maximum Gasteiger partial charge on any atom is 0.326 e. The van der Waals surface area contributed by atoms with Crippen molar-refractivity contribution in [3.63, 3.8) is 0 Å². The second kappa shape index (κ2) is 8.85. The second-order valence-electron chi connectivity index (χ2n) is 8.19. The molecule has 1 aliphatic heterocycles. The fourth-order valence-corrected chi connectivity index (χ4v) is 4.23. The van der Waals surface area contributed by atoms with E-state index in [9.17, 15) is 19.2 Å². The van der Waals surface area contributed by atoms with E-state index in [-0.39, 0.29) is 23.8 Å². The van der Waals surface area contributed by atoms with Gasteiger partial charge in [-0.2, -0.15) is 0 Å². The van der Waals surface area contributed by atoms with Crippen molar-refractivity contribution in [1.82, 2.24) is 15.1 Å². The van der Waals surface area contributed by atoms with Crippen molar-refractivity contribution >= 4 is 23.8 Å². The minimum absolute atomic E-state index is 0.0124. The number of likely N-dealkylation sites (N-methyl/N-ethyl adjacent to an activating group) is 1. The Kier molecular flexibility index (Phi) is 6.43. The third kappa shape index (κ3) is 4.17. The van der Waals surface area contributed by atoms with Crippen LogP contribution in [-0.2, 0) is 19.1 Å². The Morgan fingerprint density at radius 3 is 2.63 bits per heavy atom. The molecule has 3 unspecified atom stereocenters. The molecule has 1 N–H and O–H groups in total. The van der Waals surface area contributed by atoms with Gasteiger partial charge >= 0.3 is 12.0 Å². The average Bonchev–Trinajstić information content (AvgIpc) is 2.98. The third-order valence-electron chi connectivity index (χ3n) is 6.40. The van der Waals surface area contributed by atoms with E-state index in [0.717, 1.165) is 29.7 Å². The molecular weight excluding hydrogens is 386 g/mol. The molecule has 0 aromatic heterocycles. The zero-order valence-corrected chi connectivity index (χ0v) is 17.7. The number of amides is 4. The highest BCUT2D eigenvalue weighted by molar-refractivity contribution is 6.09. The first-order chi connectivity index (χ1) is 14.3. The van der Waals surface area contributed by atoms with E-state index < -0.39 is 30.7 Å². The topological polar surface area (TPSA) is 96.0 Å². The van der Waals surface area contributed by atoms with Crippen LogP contribution in [0.4, 0.5) is 4.79 Å². The lowest BCUT2D eigenvalue weighted by Gasteiger charge is -2.36. The number of hydrogen-bond acceptors (Lipinski definition) is 5. The molecule has 1 heterocycles. The van der Waals surface area contributed by atoms with Crippen LogP contribution in [0.15, 0.2) is 30.3 Å². The van der Waals surface area contributed by atoms with Gasteiger partial charge in [0.25, 0.3) is 11.8 Å². The minimum atomic E-state index is -0.920. The number of rotatable bonds is 6. The fourth-order valence-electron chi connectivity index (χ4n) is 4.23. The van der Waals surface area contributed by atoms with Gasteiger partial charge in [-0.15, -0.1) is 0 Å². The highest BCUT2D eigenvalue weighted by atomic mass is 16.5. The number of carbonyl (C=O) groups is 4. The summed E-state index contributed by atoms with van der Waals surface area (Å²) < 4.78 is 5.07. The molecule has 1 spiro atoms. The summed E-state index contributed by atoms with van der Waals surface area (Å²) in [6, 6.07) is 8.75. The first kappa shape index (κ1) is 21.8. The first-order valence-electron chi connectivity index (χ1n) is 10.4. The number of imide groups is 1. The van der Waals surface area contributed by atoms with Gasteiger partial charge in [-0.1, -0.05) is 50.1 Å². The summed E-state index contributed by atoms with van der Waals surface area (Å²) in [6.07, 6.45) is 3.30. The Morgan fingerprint density at radius 2 is 1.97 bits per heavy atom. The van der Waals surface area contributed by atoms with E-state index in [1.165, 1.54) is 4.90 Å². The van der Waals surface area contributed by atoms with E-state index >= 15 is 0 Å².